The first-order chi connectivity index (χ1) is 10.0. The van der Waals surface area contributed by atoms with E-state index in [4.69, 9.17) is 17.3 Å². The van der Waals surface area contributed by atoms with E-state index in [0.717, 1.165) is 36.9 Å². The Bertz CT molecular complexity index is 498. The Morgan fingerprint density at radius 3 is 2.62 bits per heavy atom. The Hall–Kier alpha value is -1.26. The highest BCUT2D eigenvalue weighted by molar-refractivity contribution is 6.31. The largest absolute Gasteiger partial charge is 0.328 e. The molecule has 1 aromatic carbocycles. The number of rotatable bonds is 3. The summed E-state index contributed by atoms with van der Waals surface area (Å²) < 4.78 is 0. The number of nitrogens with two attached hydrogens (primary N) is 1. The van der Waals surface area contributed by atoms with Crippen molar-refractivity contribution < 1.29 is 4.79 Å². The second-order valence-corrected chi connectivity index (χ2v) is 6.16. The molecule has 1 fully saturated rings. The minimum Gasteiger partial charge on any atom is -0.328 e. The Balaban J connectivity index is 2.01. The molecule has 116 valence electrons. The van der Waals surface area contributed by atoms with E-state index in [2.05, 4.69) is 5.32 Å². The van der Waals surface area contributed by atoms with Gasteiger partial charge in [-0.25, -0.2) is 4.79 Å². The number of nitrogens with one attached hydrogen (secondary N) is 1. The first kappa shape index (κ1) is 16.1. The zero-order valence-electron chi connectivity index (χ0n) is 12.7. The third kappa shape index (κ3) is 4.11. The van der Waals surface area contributed by atoms with Crippen LogP contribution >= 0.6 is 11.6 Å². The molecule has 0 heterocycles. The zero-order chi connectivity index (χ0) is 15.4. The molecule has 21 heavy (non-hydrogen) atoms. The molecule has 0 aromatic heterocycles. The predicted octanol–water partition coefficient (Wildman–Crippen LogP) is 3.77. The summed E-state index contributed by atoms with van der Waals surface area (Å²) >= 11 is 6.10. The Kier molecular flexibility index (Phi) is 5.48. The normalized spacial score (nSPS) is 21.9. The van der Waals surface area contributed by atoms with Crippen molar-refractivity contribution in [2.45, 2.75) is 51.6 Å². The third-order valence-electron chi connectivity index (χ3n) is 4.21. The fourth-order valence-corrected chi connectivity index (χ4v) is 3.03. The lowest BCUT2D eigenvalue weighted by Crippen LogP contribution is -2.46. The van der Waals surface area contributed by atoms with E-state index in [0.29, 0.717) is 17.6 Å². The van der Waals surface area contributed by atoms with E-state index in [9.17, 15) is 4.79 Å². The lowest BCUT2D eigenvalue weighted by Gasteiger charge is -2.35. The number of aryl methyl sites for hydroxylation is 1. The number of benzene rings is 1. The maximum absolute atomic E-state index is 12.5. The van der Waals surface area contributed by atoms with Crippen molar-refractivity contribution in [3.63, 3.8) is 0 Å². The van der Waals surface area contributed by atoms with Gasteiger partial charge in [-0.1, -0.05) is 17.7 Å². The SMILES string of the molecule is CCN(C(=O)Nc1ccc(C)c(Cl)c1)C1CCC(N)CC1. The predicted molar refractivity (Wildman–Crippen MR) is 87.8 cm³/mol. The molecule has 1 aliphatic carbocycles. The average molecular weight is 310 g/mol. The molecule has 0 unspecified atom stereocenters. The second kappa shape index (κ2) is 7.14. The molecule has 1 aromatic rings. The van der Waals surface area contributed by atoms with E-state index in [1.165, 1.54) is 0 Å². The summed E-state index contributed by atoms with van der Waals surface area (Å²) in [6.07, 6.45) is 3.95. The molecule has 1 aliphatic rings. The van der Waals surface area contributed by atoms with Crippen LogP contribution in [-0.4, -0.2) is 29.6 Å². The van der Waals surface area contributed by atoms with Crippen molar-refractivity contribution in [1.29, 1.82) is 0 Å². The molecule has 0 aliphatic heterocycles. The van der Waals surface area contributed by atoms with Gasteiger partial charge < -0.3 is 16.0 Å². The number of anilines is 1. The smallest absolute Gasteiger partial charge is 0.322 e. The van der Waals surface area contributed by atoms with Gasteiger partial charge in [0, 0.05) is 29.3 Å². The molecule has 0 bridgehead atoms. The van der Waals surface area contributed by atoms with E-state index in [-0.39, 0.29) is 12.1 Å². The number of amides is 2. The molecule has 0 radical (unpaired) electrons. The molecule has 4 nitrogen and oxygen atoms in total. The van der Waals surface area contributed by atoms with Gasteiger partial charge in [0.05, 0.1) is 0 Å². The van der Waals surface area contributed by atoms with Crippen LogP contribution in [0.1, 0.15) is 38.2 Å². The lowest BCUT2D eigenvalue weighted by atomic mass is 9.91. The molecule has 5 heteroatoms. The summed E-state index contributed by atoms with van der Waals surface area (Å²) in [4.78, 5) is 14.4. The number of hydrogen-bond acceptors (Lipinski definition) is 2. The summed E-state index contributed by atoms with van der Waals surface area (Å²) in [6.45, 7) is 4.65. The summed E-state index contributed by atoms with van der Waals surface area (Å²) in [7, 11) is 0. The quantitative estimate of drug-likeness (QED) is 0.893. The average Bonchev–Trinajstić information content (AvgIpc) is 2.46. The van der Waals surface area contributed by atoms with Gasteiger partial charge in [0.15, 0.2) is 0 Å². The first-order valence-electron chi connectivity index (χ1n) is 7.60. The highest BCUT2D eigenvalue weighted by Crippen LogP contribution is 2.24. The van der Waals surface area contributed by atoms with Gasteiger partial charge in [-0.05, 0) is 57.2 Å². The number of carbonyl (C=O) groups is 1. The monoisotopic (exact) mass is 309 g/mol. The fraction of sp³-hybridized carbons (Fsp3) is 0.562. The van der Waals surface area contributed by atoms with Gasteiger partial charge in [-0.2, -0.15) is 0 Å². The molecule has 0 atom stereocenters. The third-order valence-corrected chi connectivity index (χ3v) is 4.61. The highest BCUT2D eigenvalue weighted by atomic mass is 35.5. The van der Waals surface area contributed by atoms with Crippen LogP contribution in [0.5, 0.6) is 0 Å². The van der Waals surface area contributed by atoms with Crippen molar-refractivity contribution in [1.82, 2.24) is 4.90 Å². The van der Waals surface area contributed by atoms with E-state index in [1.807, 2.05) is 30.9 Å². The summed E-state index contributed by atoms with van der Waals surface area (Å²) in [5.41, 5.74) is 7.68. The van der Waals surface area contributed by atoms with Gasteiger partial charge in [-0.3, -0.25) is 0 Å². The molecule has 0 saturated heterocycles. The first-order valence-corrected chi connectivity index (χ1v) is 7.98. The van der Waals surface area contributed by atoms with Crippen molar-refractivity contribution in [2.75, 3.05) is 11.9 Å². The van der Waals surface area contributed by atoms with Crippen LogP contribution in [0.2, 0.25) is 5.02 Å². The number of halogens is 1. The molecular formula is C16H24ClN3O. The second-order valence-electron chi connectivity index (χ2n) is 5.75. The van der Waals surface area contributed by atoms with Gasteiger partial charge in [-0.15, -0.1) is 0 Å². The number of nitrogens with zero attached hydrogens (tertiary/aromatic N) is 1. The van der Waals surface area contributed by atoms with Crippen LogP contribution in [0.3, 0.4) is 0 Å². The van der Waals surface area contributed by atoms with E-state index >= 15 is 0 Å². The molecular weight excluding hydrogens is 286 g/mol. The topological polar surface area (TPSA) is 58.4 Å². The Labute approximate surface area is 131 Å². The Morgan fingerprint density at radius 1 is 1.38 bits per heavy atom. The molecule has 1 saturated carbocycles. The molecule has 0 spiro atoms. The summed E-state index contributed by atoms with van der Waals surface area (Å²) in [5, 5.41) is 3.61. The molecule has 2 amide bonds. The van der Waals surface area contributed by atoms with Crippen LogP contribution in [0.25, 0.3) is 0 Å². The van der Waals surface area contributed by atoms with Gasteiger partial charge >= 0.3 is 6.03 Å². The summed E-state index contributed by atoms with van der Waals surface area (Å²) in [5.74, 6) is 0. The van der Waals surface area contributed by atoms with Crippen LogP contribution in [-0.2, 0) is 0 Å². The minimum absolute atomic E-state index is 0.0575. The van der Waals surface area contributed by atoms with Crippen LogP contribution < -0.4 is 11.1 Å². The van der Waals surface area contributed by atoms with Crippen molar-refractivity contribution in [2.24, 2.45) is 5.73 Å². The van der Waals surface area contributed by atoms with Gasteiger partial charge in [0.1, 0.15) is 0 Å². The van der Waals surface area contributed by atoms with Crippen molar-refractivity contribution in [3.8, 4) is 0 Å². The van der Waals surface area contributed by atoms with Crippen LogP contribution in [0.4, 0.5) is 10.5 Å². The standard InChI is InChI=1S/C16H24ClN3O/c1-3-20(14-8-5-12(18)6-9-14)16(21)19-13-7-4-11(2)15(17)10-13/h4,7,10,12,14H,3,5-6,8-9,18H2,1-2H3,(H,19,21). The molecule has 3 N–H and O–H groups in total. The zero-order valence-corrected chi connectivity index (χ0v) is 13.5. The van der Waals surface area contributed by atoms with Gasteiger partial charge in [0.2, 0.25) is 0 Å². The maximum Gasteiger partial charge on any atom is 0.322 e. The van der Waals surface area contributed by atoms with Crippen molar-refractivity contribution >= 4 is 23.3 Å². The van der Waals surface area contributed by atoms with Gasteiger partial charge in [0.25, 0.3) is 0 Å². The maximum atomic E-state index is 12.5. The van der Waals surface area contributed by atoms with Crippen LogP contribution in [0, 0.1) is 6.92 Å². The van der Waals surface area contributed by atoms with Crippen LogP contribution in [0.15, 0.2) is 18.2 Å². The Morgan fingerprint density at radius 2 is 2.05 bits per heavy atom. The number of carbonyl (C=O) groups excluding carboxylic acids is 1. The highest BCUT2D eigenvalue weighted by Gasteiger charge is 2.26. The minimum atomic E-state index is -0.0575. The van der Waals surface area contributed by atoms with Crippen molar-refractivity contribution in [3.05, 3.63) is 28.8 Å². The van der Waals surface area contributed by atoms with E-state index in [1.54, 1.807) is 6.07 Å². The number of hydrogen-bond donors (Lipinski definition) is 2. The molecule has 2 rings (SSSR count). The number of urea groups is 1. The van der Waals surface area contributed by atoms with E-state index < -0.39 is 0 Å². The summed E-state index contributed by atoms with van der Waals surface area (Å²) in [6, 6.07) is 6.10. The lowest BCUT2D eigenvalue weighted by molar-refractivity contribution is 0.167. The fourth-order valence-electron chi connectivity index (χ4n) is 2.85.